The lowest BCUT2D eigenvalue weighted by Gasteiger charge is -2.11. The number of hydrogen-bond acceptors (Lipinski definition) is 3. The number of ether oxygens (including phenoxy) is 1. The summed E-state index contributed by atoms with van der Waals surface area (Å²) in [4.78, 5) is 0. The van der Waals surface area contributed by atoms with E-state index < -0.39 is 0 Å². The van der Waals surface area contributed by atoms with Crippen LogP contribution in [0.25, 0.3) is 0 Å². The van der Waals surface area contributed by atoms with Gasteiger partial charge in [0.2, 0.25) is 0 Å². The van der Waals surface area contributed by atoms with Crippen molar-refractivity contribution in [3.63, 3.8) is 0 Å². The first-order valence-corrected chi connectivity index (χ1v) is 7.62. The number of rotatable bonds is 7. The van der Waals surface area contributed by atoms with Crippen molar-refractivity contribution in [1.82, 2.24) is 0 Å². The molecule has 2 aromatic rings. The molecule has 1 aromatic carbocycles. The monoisotopic (exact) mass is 275 g/mol. The SMILES string of the molecule is COc1ccc(CCC(N)CCc2ccsc2)cc1. The zero-order valence-corrected chi connectivity index (χ0v) is 12.2. The molecule has 1 unspecified atom stereocenters. The Hall–Kier alpha value is -1.32. The molecule has 0 saturated heterocycles. The topological polar surface area (TPSA) is 35.2 Å². The van der Waals surface area contributed by atoms with Crippen molar-refractivity contribution in [2.75, 3.05) is 7.11 Å². The van der Waals surface area contributed by atoms with Crippen molar-refractivity contribution in [1.29, 1.82) is 0 Å². The molecule has 0 bridgehead atoms. The zero-order valence-electron chi connectivity index (χ0n) is 11.3. The average Bonchev–Trinajstić information content (AvgIpc) is 2.96. The van der Waals surface area contributed by atoms with Gasteiger partial charge in [-0.15, -0.1) is 0 Å². The predicted molar refractivity (Wildman–Crippen MR) is 81.9 cm³/mol. The normalized spacial score (nSPS) is 12.3. The molecule has 2 nitrogen and oxygen atoms in total. The van der Waals surface area contributed by atoms with Crippen LogP contribution >= 0.6 is 11.3 Å². The highest BCUT2D eigenvalue weighted by Crippen LogP contribution is 2.15. The molecule has 2 N–H and O–H groups in total. The van der Waals surface area contributed by atoms with E-state index in [2.05, 4.69) is 29.0 Å². The number of methoxy groups -OCH3 is 1. The second kappa shape index (κ2) is 7.31. The van der Waals surface area contributed by atoms with Crippen LogP contribution in [0.15, 0.2) is 41.1 Å². The first kappa shape index (κ1) is 14.1. The molecule has 0 fully saturated rings. The highest BCUT2D eigenvalue weighted by atomic mass is 32.1. The standard InChI is InChI=1S/C16H21NOS/c1-18-16-8-4-13(5-9-16)2-6-15(17)7-3-14-10-11-19-12-14/h4-5,8-12,15H,2-3,6-7,17H2,1H3. The minimum Gasteiger partial charge on any atom is -0.497 e. The summed E-state index contributed by atoms with van der Waals surface area (Å²) in [5, 5.41) is 4.33. The molecular formula is C16H21NOS. The van der Waals surface area contributed by atoms with Gasteiger partial charge in [-0.1, -0.05) is 12.1 Å². The molecule has 0 spiro atoms. The maximum absolute atomic E-state index is 6.17. The fourth-order valence-electron chi connectivity index (χ4n) is 2.08. The molecule has 0 amide bonds. The second-order valence-corrected chi connectivity index (χ2v) is 5.60. The first-order valence-electron chi connectivity index (χ1n) is 6.67. The van der Waals surface area contributed by atoms with Gasteiger partial charge >= 0.3 is 0 Å². The van der Waals surface area contributed by atoms with Crippen LogP contribution in [0.2, 0.25) is 0 Å². The minimum absolute atomic E-state index is 0.280. The van der Waals surface area contributed by atoms with Crippen LogP contribution < -0.4 is 10.5 Å². The van der Waals surface area contributed by atoms with Crippen LogP contribution in [0.4, 0.5) is 0 Å². The van der Waals surface area contributed by atoms with Crippen molar-refractivity contribution in [2.24, 2.45) is 5.73 Å². The van der Waals surface area contributed by atoms with Crippen molar-refractivity contribution in [3.05, 3.63) is 52.2 Å². The van der Waals surface area contributed by atoms with Gasteiger partial charge < -0.3 is 10.5 Å². The Morgan fingerprint density at radius 3 is 2.32 bits per heavy atom. The molecule has 1 heterocycles. The molecule has 0 radical (unpaired) electrons. The summed E-state index contributed by atoms with van der Waals surface area (Å²) in [5.74, 6) is 0.908. The van der Waals surface area contributed by atoms with Gasteiger partial charge in [-0.25, -0.2) is 0 Å². The van der Waals surface area contributed by atoms with Crippen molar-refractivity contribution in [2.45, 2.75) is 31.7 Å². The molecule has 1 atom stereocenters. The van der Waals surface area contributed by atoms with Gasteiger partial charge in [-0.3, -0.25) is 0 Å². The van der Waals surface area contributed by atoms with Crippen LogP contribution in [0.1, 0.15) is 24.0 Å². The Balaban J connectivity index is 1.71. The highest BCUT2D eigenvalue weighted by Gasteiger charge is 2.04. The van der Waals surface area contributed by atoms with Gasteiger partial charge in [0.25, 0.3) is 0 Å². The minimum atomic E-state index is 0.280. The third-order valence-electron chi connectivity index (χ3n) is 3.35. The van der Waals surface area contributed by atoms with E-state index in [-0.39, 0.29) is 6.04 Å². The Morgan fingerprint density at radius 2 is 1.74 bits per heavy atom. The summed E-state index contributed by atoms with van der Waals surface area (Å²) in [7, 11) is 1.69. The summed E-state index contributed by atoms with van der Waals surface area (Å²) < 4.78 is 5.15. The first-order chi connectivity index (χ1) is 9.28. The van der Waals surface area contributed by atoms with E-state index in [0.29, 0.717) is 0 Å². The Labute approximate surface area is 119 Å². The molecule has 3 heteroatoms. The molecule has 1 aromatic heterocycles. The van der Waals surface area contributed by atoms with E-state index in [9.17, 15) is 0 Å². The number of thiophene rings is 1. The lowest BCUT2D eigenvalue weighted by molar-refractivity contribution is 0.414. The molecule has 2 rings (SSSR count). The maximum atomic E-state index is 6.17. The van der Waals surface area contributed by atoms with Gasteiger partial charge in [0, 0.05) is 6.04 Å². The zero-order chi connectivity index (χ0) is 13.5. The van der Waals surface area contributed by atoms with E-state index >= 15 is 0 Å². The van der Waals surface area contributed by atoms with E-state index in [1.807, 2.05) is 12.1 Å². The molecule has 0 aliphatic heterocycles. The summed E-state index contributed by atoms with van der Waals surface area (Å²) in [6.07, 6.45) is 4.23. The van der Waals surface area contributed by atoms with E-state index in [1.54, 1.807) is 18.4 Å². The second-order valence-electron chi connectivity index (χ2n) is 4.82. The van der Waals surface area contributed by atoms with Gasteiger partial charge in [0.1, 0.15) is 5.75 Å². The summed E-state index contributed by atoms with van der Waals surface area (Å²) >= 11 is 1.75. The lowest BCUT2D eigenvalue weighted by atomic mass is 10.0. The highest BCUT2D eigenvalue weighted by molar-refractivity contribution is 7.07. The number of benzene rings is 1. The average molecular weight is 275 g/mol. The van der Waals surface area contributed by atoms with Gasteiger partial charge in [0.05, 0.1) is 7.11 Å². The lowest BCUT2D eigenvalue weighted by Crippen LogP contribution is -2.21. The molecule has 0 aliphatic carbocycles. The molecule has 102 valence electrons. The summed E-state index contributed by atoms with van der Waals surface area (Å²) in [6.45, 7) is 0. The maximum Gasteiger partial charge on any atom is 0.118 e. The van der Waals surface area contributed by atoms with Crippen molar-refractivity contribution >= 4 is 11.3 Å². The number of nitrogens with two attached hydrogens (primary N) is 1. The van der Waals surface area contributed by atoms with Crippen molar-refractivity contribution in [3.8, 4) is 5.75 Å². The van der Waals surface area contributed by atoms with Gasteiger partial charge in [-0.05, 0) is 65.8 Å². The quantitative estimate of drug-likeness (QED) is 0.837. The largest absolute Gasteiger partial charge is 0.497 e. The molecular weight excluding hydrogens is 254 g/mol. The third kappa shape index (κ3) is 4.69. The number of aryl methyl sites for hydroxylation is 2. The van der Waals surface area contributed by atoms with E-state index in [1.165, 1.54) is 11.1 Å². The van der Waals surface area contributed by atoms with Gasteiger partial charge in [-0.2, -0.15) is 11.3 Å². The van der Waals surface area contributed by atoms with Gasteiger partial charge in [0.15, 0.2) is 0 Å². The van der Waals surface area contributed by atoms with Crippen molar-refractivity contribution < 1.29 is 4.74 Å². The van der Waals surface area contributed by atoms with Crippen LogP contribution in [0, 0.1) is 0 Å². The van der Waals surface area contributed by atoms with E-state index in [0.717, 1.165) is 31.4 Å². The Bertz CT molecular complexity index is 464. The fourth-order valence-corrected chi connectivity index (χ4v) is 2.78. The molecule has 19 heavy (non-hydrogen) atoms. The fraction of sp³-hybridized carbons (Fsp3) is 0.375. The summed E-state index contributed by atoms with van der Waals surface area (Å²) in [5.41, 5.74) is 8.91. The Morgan fingerprint density at radius 1 is 1.05 bits per heavy atom. The van der Waals surface area contributed by atoms with E-state index in [4.69, 9.17) is 10.5 Å². The smallest absolute Gasteiger partial charge is 0.118 e. The van der Waals surface area contributed by atoms with Crippen LogP contribution in [-0.4, -0.2) is 13.2 Å². The van der Waals surface area contributed by atoms with Crippen LogP contribution in [0.3, 0.4) is 0 Å². The number of hydrogen-bond donors (Lipinski definition) is 1. The third-order valence-corrected chi connectivity index (χ3v) is 4.08. The molecule has 0 aliphatic rings. The van der Waals surface area contributed by atoms with Crippen LogP contribution in [-0.2, 0) is 12.8 Å². The van der Waals surface area contributed by atoms with Crippen LogP contribution in [0.5, 0.6) is 5.75 Å². The Kier molecular flexibility index (Phi) is 5.43. The summed E-state index contributed by atoms with van der Waals surface area (Å²) in [6, 6.07) is 10.7. The predicted octanol–water partition coefficient (Wildman–Crippen LogP) is 3.65. The molecule has 0 saturated carbocycles.